The van der Waals surface area contributed by atoms with Crippen LogP contribution in [0.4, 0.5) is 5.82 Å². The molecule has 29 heteroatoms. The molecule has 1 saturated heterocycles. The van der Waals surface area contributed by atoms with Crippen molar-refractivity contribution in [1.82, 2.24) is 30.2 Å². The van der Waals surface area contributed by atoms with Gasteiger partial charge in [0.1, 0.15) is 36.3 Å². The highest BCUT2D eigenvalue weighted by atomic mass is 32.2. The van der Waals surface area contributed by atoms with Crippen molar-refractivity contribution in [2.24, 2.45) is 11.1 Å². The van der Waals surface area contributed by atoms with E-state index in [1.165, 1.54) is 13.8 Å². The predicted octanol–water partition coefficient (Wildman–Crippen LogP) is -2.38. The van der Waals surface area contributed by atoms with Gasteiger partial charge in [-0.1, -0.05) is 25.6 Å². The van der Waals surface area contributed by atoms with Crippen LogP contribution in [-0.2, 0) is 50.7 Å². The third-order valence-electron chi connectivity index (χ3n) is 6.93. The molecule has 294 valence electrons. The first-order valence-electron chi connectivity index (χ1n) is 14.8. The Kier molecular flexibility index (Phi) is 15.4. The Morgan fingerprint density at radius 1 is 1.08 bits per heavy atom. The highest BCUT2D eigenvalue weighted by Crippen LogP contribution is 2.61. The molecule has 7 atom stereocenters. The van der Waals surface area contributed by atoms with Crippen molar-refractivity contribution in [2.75, 3.05) is 44.3 Å². The summed E-state index contributed by atoms with van der Waals surface area (Å²) in [7, 11) is -16.4. The normalized spacial score (nSPS) is 22.4. The maximum absolute atomic E-state index is 12.6. The second-order valence-electron chi connectivity index (χ2n) is 11.5. The minimum Gasteiger partial charge on any atom is -0.386 e. The van der Waals surface area contributed by atoms with Gasteiger partial charge in [0.2, 0.25) is 16.9 Å². The Bertz CT molecular complexity index is 1730. The van der Waals surface area contributed by atoms with Crippen molar-refractivity contribution >= 4 is 69.1 Å². The molecule has 0 bridgehead atoms. The van der Waals surface area contributed by atoms with Gasteiger partial charge in [0.25, 0.3) is 0 Å². The molecular formula is C23H39N8O17P3S. The van der Waals surface area contributed by atoms with Gasteiger partial charge in [0.15, 0.2) is 17.7 Å². The molecule has 0 aromatic carbocycles. The van der Waals surface area contributed by atoms with Gasteiger partial charge in [0.05, 0.1) is 26.1 Å². The Morgan fingerprint density at radius 3 is 2.40 bits per heavy atom. The molecule has 0 aliphatic carbocycles. The zero-order valence-electron chi connectivity index (χ0n) is 27.4. The minimum absolute atomic E-state index is 0.0283. The summed E-state index contributed by atoms with van der Waals surface area (Å²) in [6.07, 6.45) is -6.94. The van der Waals surface area contributed by atoms with Crippen LogP contribution in [0, 0.1) is 5.41 Å². The van der Waals surface area contributed by atoms with E-state index in [0.717, 1.165) is 29.0 Å². The minimum atomic E-state index is -5.56. The van der Waals surface area contributed by atoms with Crippen LogP contribution < -0.4 is 22.1 Å². The number of aliphatic hydroxyl groups is 2. The molecule has 1 aliphatic heterocycles. The fourth-order valence-corrected chi connectivity index (χ4v) is 7.73. The summed E-state index contributed by atoms with van der Waals surface area (Å²) in [6.45, 7) is 0.286. The lowest BCUT2D eigenvalue weighted by molar-refractivity contribution is -0.137. The maximum Gasteiger partial charge on any atom is 0.481 e. The molecule has 52 heavy (non-hydrogen) atoms. The largest absolute Gasteiger partial charge is 0.481 e. The molecule has 0 saturated carbocycles. The number of anilines is 1. The number of thioether (sulfide) groups is 1. The number of nitrogens with two attached hydrogens (primary N) is 2. The number of aliphatic hydroxyl groups excluding tert-OH is 2. The summed E-state index contributed by atoms with van der Waals surface area (Å²) in [5.74, 6) is -1.19. The number of aromatic nitrogens is 4. The van der Waals surface area contributed by atoms with E-state index in [4.69, 9.17) is 25.3 Å². The lowest BCUT2D eigenvalue weighted by Crippen LogP contribution is -2.46. The number of nitrogen functional groups attached to an aromatic ring is 1. The lowest BCUT2D eigenvalue weighted by Gasteiger charge is -2.30. The van der Waals surface area contributed by atoms with Crippen LogP contribution in [0.2, 0.25) is 0 Å². The molecule has 2 aromatic heterocycles. The van der Waals surface area contributed by atoms with Crippen LogP contribution in [0.3, 0.4) is 0 Å². The van der Waals surface area contributed by atoms with E-state index in [0.29, 0.717) is 5.75 Å². The first-order valence-corrected chi connectivity index (χ1v) is 20.3. The van der Waals surface area contributed by atoms with E-state index in [1.807, 2.05) is 0 Å². The number of nitrogens with one attached hydrogen (secondary N) is 2. The van der Waals surface area contributed by atoms with Crippen molar-refractivity contribution in [3.8, 4) is 0 Å². The van der Waals surface area contributed by atoms with E-state index in [2.05, 4.69) is 34.4 Å². The third-order valence-corrected chi connectivity index (χ3v) is 10.9. The number of imidazole rings is 1. The number of phosphoric acid groups is 3. The maximum atomic E-state index is 12.6. The van der Waals surface area contributed by atoms with E-state index in [-0.39, 0.29) is 48.2 Å². The molecule has 12 N–H and O–H groups in total. The summed E-state index contributed by atoms with van der Waals surface area (Å²) < 4.78 is 61.8. The van der Waals surface area contributed by atoms with E-state index >= 15 is 0 Å². The topological polar surface area (TPSA) is 390 Å². The standard InChI is InChI=1S/C23H39N8O17P3S/c1-23(2,18(35)21(36)27-4-3-13(32)26-5-6-52-14(33)7-24)9-45-51(42,43)48-50(40,41)44-8-12-17(47-49(37,38)39)16(34)22(46-12)31-11-30-15-19(25)28-10-29-20(15)31/h10-12,16-18,22,34-35H,3-9,24H2,1-2H3,(H,26,32)(H,27,36)(H,40,41)(H,42,43)(H2,25,28,29)(H2,37,38,39). The second-order valence-corrected chi connectivity index (χ2v) is 16.9. The Hall–Kier alpha value is -2.48. The fraction of sp³-hybridized carbons (Fsp3) is 0.652. The van der Waals surface area contributed by atoms with Crippen LogP contribution in [0.25, 0.3) is 11.2 Å². The Balaban J connectivity index is 1.54. The monoisotopic (exact) mass is 824 g/mol. The van der Waals surface area contributed by atoms with Gasteiger partial charge in [-0.15, -0.1) is 0 Å². The number of rotatable bonds is 20. The van der Waals surface area contributed by atoms with Gasteiger partial charge in [-0.2, -0.15) is 4.31 Å². The van der Waals surface area contributed by atoms with Crippen molar-refractivity contribution in [1.29, 1.82) is 0 Å². The van der Waals surface area contributed by atoms with Gasteiger partial charge in [-0.25, -0.2) is 28.6 Å². The Labute approximate surface area is 298 Å². The summed E-state index contributed by atoms with van der Waals surface area (Å²) in [5, 5.41) is 25.9. The van der Waals surface area contributed by atoms with Crippen LogP contribution in [0.1, 0.15) is 26.5 Å². The highest BCUT2D eigenvalue weighted by molar-refractivity contribution is 8.13. The number of ether oxygens (including phenoxy) is 1. The van der Waals surface area contributed by atoms with Crippen LogP contribution in [0.5, 0.6) is 0 Å². The molecule has 0 radical (unpaired) electrons. The number of phosphoric ester groups is 3. The number of carbonyl (C=O) groups is 3. The fourth-order valence-electron chi connectivity index (χ4n) is 4.35. The molecule has 1 aliphatic rings. The SMILES string of the molecule is CC(C)(COP(=O)(O)OP(=O)(O)OCC1OC(n2cnc3c(N)ncnc32)C(O)C1OP(=O)(O)O)C(O)C(=O)NCCC(=O)NCCSC(=O)CN. The van der Waals surface area contributed by atoms with Gasteiger partial charge < -0.3 is 56.6 Å². The third kappa shape index (κ3) is 12.8. The zero-order valence-corrected chi connectivity index (χ0v) is 30.9. The summed E-state index contributed by atoms with van der Waals surface area (Å²) in [5.41, 5.74) is 9.43. The Morgan fingerprint density at radius 2 is 1.75 bits per heavy atom. The van der Waals surface area contributed by atoms with Crippen molar-refractivity contribution in [3.05, 3.63) is 12.7 Å². The molecule has 25 nitrogen and oxygen atoms in total. The summed E-state index contributed by atoms with van der Waals surface area (Å²) in [6, 6.07) is 0. The molecule has 3 rings (SSSR count). The molecular weight excluding hydrogens is 785 g/mol. The predicted molar refractivity (Wildman–Crippen MR) is 176 cm³/mol. The highest BCUT2D eigenvalue weighted by Gasteiger charge is 2.50. The van der Waals surface area contributed by atoms with Gasteiger partial charge in [0, 0.05) is 30.7 Å². The van der Waals surface area contributed by atoms with Crippen LogP contribution in [-0.4, -0.2) is 129 Å². The summed E-state index contributed by atoms with van der Waals surface area (Å²) in [4.78, 5) is 86.3. The smallest absolute Gasteiger partial charge is 0.386 e. The van der Waals surface area contributed by atoms with Gasteiger partial charge >= 0.3 is 23.5 Å². The number of carbonyl (C=O) groups excluding carboxylic acids is 3. The lowest BCUT2D eigenvalue weighted by atomic mass is 9.87. The zero-order chi connectivity index (χ0) is 39.1. The molecule has 0 spiro atoms. The van der Waals surface area contributed by atoms with E-state index < -0.39 is 84.6 Å². The van der Waals surface area contributed by atoms with Crippen molar-refractivity contribution in [3.63, 3.8) is 0 Å². The van der Waals surface area contributed by atoms with Crippen molar-refractivity contribution in [2.45, 2.75) is 50.9 Å². The van der Waals surface area contributed by atoms with Gasteiger partial charge in [-0.05, 0) is 0 Å². The van der Waals surface area contributed by atoms with E-state index in [9.17, 15) is 57.9 Å². The summed E-state index contributed by atoms with van der Waals surface area (Å²) >= 11 is 0.945. The molecule has 1 fully saturated rings. The average molecular weight is 825 g/mol. The van der Waals surface area contributed by atoms with Crippen LogP contribution >= 0.6 is 35.2 Å². The molecule has 2 aromatic rings. The number of amides is 2. The van der Waals surface area contributed by atoms with E-state index in [1.54, 1.807) is 0 Å². The quantitative estimate of drug-likeness (QED) is 0.0492. The first-order chi connectivity index (χ1) is 24.1. The number of nitrogens with zero attached hydrogens (tertiary/aromatic N) is 4. The van der Waals surface area contributed by atoms with Crippen LogP contribution in [0.15, 0.2) is 12.7 Å². The molecule has 3 heterocycles. The molecule has 2 amide bonds. The molecule has 7 unspecified atom stereocenters. The number of hydrogen-bond donors (Lipinski definition) is 10. The van der Waals surface area contributed by atoms with Crippen molar-refractivity contribution < 1.29 is 80.5 Å². The number of hydrogen-bond acceptors (Lipinski definition) is 19. The second kappa shape index (κ2) is 18.2. The average Bonchev–Trinajstić information content (AvgIpc) is 3.60. The van der Waals surface area contributed by atoms with Gasteiger partial charge in [-0.3, -0.25) is 32.5 Å². The number of fused-ring (bicyclic) bond motifs is 1. The first kappa shape index (κ1) is 43.9.